The van der Waals surface area contributed by atoms with Crippen LogP contribution in [-0.2, 0) is 4.79 Å². The van der Waals surface area contributed by atoms with Crippen molar-refractivity contribution >= 4 is 44.2 Å². The first-order chi connectivity index (χ1) is 17.0. The van der Waals surface area contributed by atoms with E-state index in [-0.39, 0.29) is 5.91 Å². The van der Waals surface area contributed by atoms with Crippen molar-refractivity contribution in [3.05, 3.63) is 46.9 Å². The number of carbonyl (C=O) groups excluding carboxylic acids is 1. The number of ether oxygens (including phenoxy) is 2. The van der Waals surface area contributed by atoms with Crippen molar-refractivity contribution in [2.75, 3.05) is 26.1 Å². The van der Waals surface area contributed by atoms with Crippen LogP contribution in [0.1, 0.15) is 53.4 Å². The molecule has 0 saturated carbocycles. The number of nitrogens with zero attached hydrogens (tertiary/aromatic N) is 2. The van der Waals surface area contributed by atoms with E-state index in [4.69, 9.17) is 9.47 Å². The molecule has 7 nitrogen and oxygen atoms in total. The molecule has 0 aliphatic carbocycles. The van der Waals surface area contributed by atoms with Crippen molar-refractivity contribution in [1.82, 2.24) is 15.3 Å². The first-order valence-corrected chi connectivity index (χ1v) is 12.7. The van der Waals surface area contributed by atoms with Gasteiger partial charge in [0.1, 0.15) is 18.0 Å². The van der Waals surface area contributed by atoms with Gasteiger partial charge in [-0.2, -0.15) is 0 Å². The van der Waals surface area contributed by atoms with Gasteiger partial charge in [0.05, 0.1) is 24.9 Å². The van der Waals surface area contributed by atoms with Gasteiger partial charge in [0.15, 0.2) is 11.5 Å². The maximum absolute atomic E-state index is 14.2. The van der Waals surface area contributed by atoms with Crippen molar-refractivity contribution in [2.45, 2.75) is 53.4 Å². The third-order valence-electron chi connectivity index (χ3n) is 4.69. The zero-order valence-electron chi connectivity index (χ0n) is 21.4. The molecule has 0 saturated heterocycles. The summed E-state index contributed by atoms with van der Waals surface area (Å²) >= 11 is 3.25. The largest absolute Gasteiger partial charge is 0.493 e. The lowest BCUT2D eigenvalue weighted by atomic mass is 10.2. The number of carbonyl (C=O) groups is 1. The van der Waals surface area contributed by atoms with Gasteiger partial charge in [0, 0.05) is 29.4 Å². The van der Waals surface area contributed by atoms with Crippen molar-refractivity contribution in [1.29, 1.82) is 0 Å². The number of halogens is 2. The molecule has 0 aliphatic heterocycles. The van der Waals surface area contributed by atoms with Gasteiger partial charge in [-0.05, 0) is 43.5 Å². The number of aromatic nitrogens is 2. The van der Waals surface area contributed by atoms with Crippen LogP contribution in [0.2, 0.25) is 0 Å². The molecule has 3 rings (SSSR count). The van der Waals surface area contributed by atoms with Crippen molar-refractivity contribution in [3.63, 3.8) is 0 Å². The Kier molecular flexibility index (Phi) is 14.3. The van der Waals surface area contributed by atoms with Gasteiger partial charge < -0.3 is 20.1 Å². The Balaban J connectivity index is 0.00000145. The zero-order chi connectivity index (χ0) is 26.2. The van der Waals surface area contributed by atoms with Crippen molar-refractivity contribution < 1.29 is 18.7 Å². The van der Waals surface area contributed by atoms with Gasteiger partial charge in [-0.25, -0.2) is 14.4 Å². The number of unbranched alkanes of at least 4 members (excludes halogenated alkanes) is 2. The minimum Gasteiger partial charge on any atom is -0.493 e. The van der Waals surface area contributed by atoms with Crippen LogP contribution < -0.4 is 20.1 Å². The number of nitrogens with one attached hydrogen (secondary N) is 2. The Morgan fingerprint density at radius 2 is 1.77 bits per heavy atom. The van der Waals surface area contributed by atoms with Crippen molar-refractivity contribution in [2.24, 2.45) is 0 Å². The van der Waals surface area contributed by atoms with Crippen LogP contribution in [0.15, 0.2) is 41.1 Å². The number of hydrogen-bond acceptors (Lipinski definition) is 6. The van der Waals surface area contributed by atoms with Gasteiger partial charge in [0.2, 0.25) is 5.91 Å². The SMILES string of the molecule is CC.CC.CNC(=O)CCCCCOc1cc2ncnc(Nc3ccc(Br)cc3F)c2cc1OC. The van der Waals surface area contributed by atoms with Crippen LogP contribution in [0.4, 0.5) is 15.9 Å². The number of amides is 1. The Bertz CT molecular complexity index is 1070. The van der Waals surface area contributed by atoms with E-state index in [1.54, 1.807) is 38.4 Å². The summed E-state index contributed by atoms with van der Waals surface area (Å²) in [4.78, 5) is 19.8. The van der Waals surface area contributed by atoms with Gasteiger partial charge in [0.25, 0.3) is 0 Å². The summed E-state index contributed by atoms with van der Waals surface area (Å²) in [5.74, 6) is 1.21. The number of fused-ring (bicyclic) bond motifs is 1. The topological polar surface area (TPSA) is 85.4 Å². The zero-order valence-corrected chi connectivity index (χ0v) is 23.0. The van der Waals surface area contributed by atoms with Crippen LogP contribution in [0.3, 0.4) is 0 Å². The molecule has 1 amide bonds. The fourth-order valence-corrected chi connectivity index (χ4v) is 3.36. The van der Waals surface area contributed by atoms with Gasteiger partial charge in [-0.1, -0.05) is 43.6 Å². The van der Waals surface area contributed by atoms with Gasteiger partial charge in [-0.15, -0.1) is 0 Å². The molecule has 192 valence electrons. The minimum atomic E-state index is -0.399. The first kappa shape index (κ1) is 30.1. The number of hydrogen-bond donors (Lipinski definition) is 2. The molecule has 2 aromatic carbocycles. The van der Waals surface area contributed by atoms with E-state index in [0.717, 1.165) is 19.3 Å². The second-order valence-corrected chi connectivity index (χ2v) is 7.74. The molecule has 3 aromatic rings. The van der Waals surface area contributed by atoms with E-state index in [1.165, 1.54) is 12.4 Å². The highest BCUT2D eigenvalue weighted by Gasteiger charge is 2.13. The summed E-state index contributed by atoms with van der Waals surface area (Å²) < 4.78 is 26.3. The lowest BCUT2D eigenvalue weighted by molar-refractivity contribution is -0.120. The van der Waals surface area contributed by atoms with E-state index in [9.17, 15) is 9.18 Å². The molecule has 0 bridgehead atoms. The minimum absolute atomic E-state index is 0.0456. The average molecular weight is 552 g/mol. The predicted molar refractivity (Wildman–Crippen MR) is 144 cm³/mol. The maximum atomic E-state index is 14.2. The number of benzene rings is 2. The van der Waals surface area contributed by atoms with Crippen LogP contribution in [0.5, 0.6) is 11.5 Å². The molecule has 0 unspecified atom stereocenters. The van der Waals surface area contributed by atoms with E-state index in [1.807, 2.05) is 27.7 Å². The fraction of sp³-hybridized carbons (Fsp3) is 0.423. The van der Waals surface area contributed by atoms with E-state index in [2.05, 4.69) is 36.5 Å². The fourth-order valence-electron chi connectivity index (χ4n) is 3.03. The van der Waals surface area contributed by atoms with Crippen LogP contribution >= 0.6 is 15.9 Å². The molecule has 9 heteroatoms. The van der Waals surface area contributed by atoms with E-state index < -0.39 is 5.82 Å². The third-order valence-corrected chi connectivity index (χ3v) is 5.18. The molecule has 0 spiro atoms. The smallest absolute Gasteiger partial charge is 0.219 e. The molecular weight excluding hydrogens is 515 g/mol. The quantitative estimate of drug-likeness (QED) is 0.264. The van der Waals surface area contributed by atoms with Crippen LogP contribution in [0, 0.1) is 5.82 Å². The Hall–Kier alpha value is -2.94. The second kappa shape index (κ2) is 16.6. The highest BCUT2D eigenvalue weighted by atomic mass is 79.9. The lowest BCUT2D eigenvalue weighted by Gasteiger charge is -2.14. The average Bonchev–Trinajstić information content (AvgIpc) is 2.89. The normalized spacial score (nSPS) is 9.83. The van der Waals surface area contributed by atoms with Gasteiger partial charge in [-0.3, -0.25) is 4.79 Å². The molecule has 0 fully saturated rings. The molecule has 2 N–H and O–H groups in total. The monoisotopic (exact) mass is 550 g/mol. The van der Waals surface area contributed by atoms with E-state index >= 15 is 0 Å². The standard InChI is InChI=1S/C22H24BrFN4O3.2C2H6/c1-25-21(29)6-4-3-5-9-31-20-12-18-15(11-19(20)30-2)22(27-13-26-18)28-17-8-7-14(23)10-16(17)24;2*1-2/h7-8,10-13H,3-6,9H2,1-2H3,(H,25,29)(H,26,27,28);2*1-2H3. The second-order valence-electron chi connectivity index (χ2n) is 6.82. The maximum Gasteiger partial charge on any atom is 0.219 e. The Morgan fingerprint density at radius 3 is 2.43 bits per heavy atom. The number of methoxy groups -OCH3 is 1. The Morgan fingerprint density at radius 1 is 1.03 bits per heavy atom. The summed E-state index contributed by atoms with van der Waals surface area (Å²) in [5.41, 5.74) is 0.949. The summed E-state index contributed by atoms with van der Waals surface area (Å²) in [6.45, 7) is 8.50. The molecule has 0 aliphatic rings. The van der Waals surface area contributed by atoms with Crippen LogP contribution in [-0.4, -0.2) is 36.6 Å². The summed E-state index contributed by atoms with van der Waals surface area (Å²) in [6, 6.07) is 8.31. The third kappa shape index (κ3) is 9.32. The summed E-state index contributed by atoms with van der Waals surface area (Å²) in [7, 11) is 3.19. The van der Waals surface area contributed by atoms with Crippen molar-refractivity contribution in [3.8, 4) is 11.5 Å². The molecular formula is C26H36BrFN4O3. The number of anilines is 2. The first-order valence-electron chi connectivity index (χ1n) is 11.9. The highest BCUT2D eigenvalue weighted by Crippen LogP contribution is 2.35. The number of rotatable bonds is 10. The summed E-state index contributed by atoms with van der Waals surface area (Å²) in [5, 5.41) is 6.31. The highest BCUT2D eigenvalue weighted by molar-refractivity contribution is 9.10. The Labute approximate surface area is 216 Å². The van der Waals surface area contributed by atoms with Crippen LogP contribution in [0.25, 0.3) is 10.9 Å². The lowest BCUT2D eigenvalue weighted by Crippen LogP contribution is -2.16. The predicted octanol–water partition coefficient (Wildman–Crippen LogP) is 7.02. The van der Waals surface area contributed by atoms with Gasteiger partial charge >= 0.3 is 0 Å². The molecule has 1 heterocycles. The van der Waals surface area contributed by atoms with E-state index in [0.29, 0.717) is 51.4 Å². The molecule has 0 atom stereocenters. The summed E-state index contributed by atoms with van der Waals surface area (Å²) in [6.07, 6.45) is 4.45. The molecule has 1 aromatic heterocycles. The molecule has 35 heavy (non-hydrogen) atoms. The molecule has 0 radical (unpaired) electrons.